The van der Waals surface area contributed by atoms with Gasteiger partial charge < -0.3 is 24.7 Å². The average molecular weight is 278 g/mol. The first-order valence-electron chi connectivity index (χ1n) is 6.85. The molecule has 6 heteroatoms. The molecule has 0 aliphatic rings. The summed E-state index contributed by atoms with van der Waals surface area (Å²) in [5.74, 6) is 0. The molecular weight excluding hydrogens is 248 g/mol. The van der Waals surface area contributed by atoms with Crippen LogP contribution in [0, 0.1) is 0 Å². The zero-order valence-corrected chi connectivity index (χ0v) is 13.1. The predicted molar refractivity (Wildman–Crippen MR) is 76.1 cm³/mol. The van der Waals surface area contributed by atoms with Gasteiger partial charge in [-0.05, 0) is 12.8 Å². The standard InChI is InChI=1S/C12H30N2O3Si/c1-4-5-6-7-8-10-17-18(15-2,16-3)11-9-12(13)14/h12H,4-11,13-14H2,1-3H3. The van der Waals surface area contributed by atoms with Crippen LogP contribution in [0.15, 0.2) is 0 Å². The molecule has 110 valence electrons. The molecule has 4 N–H and O–H groups in total. The van der Waals surface area contributed by atoms with Crippen molar-refractivity contribution in [2.75, 3.05) is 20.8 Å². The molecule has 0 fully saturated rings. The Labute approximate surface area is 113 Å². The van der Waals surface area contributed by atoms with Gasteiger partial charge in [0, 0.05) is 26.9 Å². The molecule has 5 nitrogen and oxygen atoms in total. The van der Waals surface area contributed by atoms with E-state index in [4.69, 9.17) is 24.7 Å². The average Bonchev–Trinajstić information content (AvgIpc) is 2.37. The maximum absolute atomic E-state index is 5.84. The van der Waals surface area contributed by atoms with Gasteiger partial charge in [-0.2, -0.15) is 0 Å². The van der Waals surface area contributed by atoms with Crippen LogP contribution in [0.5, 0.6) is 0 Å². The van der Waals surface area contributed by atoms with Gasteiger partial charge in [-0.3, -0.25) is 0 Å². The number of hydrogen-bond donors (Lipinski definition) is 2. The van der Waals surface area contributed by atoms with Crippen LogP contribution in [0.3, 0.4) is 0 Å². The Morgan fingerprint density at radius 3 is 2.11 bits per heavy atom. The summed E-state index contributed by atoms with van der Waals surface area (Å²) in [7, 11) is 0.733. The summed E-state index contributed by atoms with van der Waals surface area (Å²) in [5, 5.41) is 0. The molecule has 0 rings (SSSR count). The summed E-state index contributed by atoms with van der Waals surface area (Å²) in [6, 6.07) is 0.673. The van der Waals surface area contributed by atoms with E-state index in [0.717, 1.165) is 6.42 Å². The van der Waals surface area contributed by atoms with Crippen LogP contribution in [-0.2, 0) is 13.3 Å². The highest BCUT2D eigenvalue weighted by Gasteiger charge is 2.38. The lowest BCUT2D eigenvalue weighted by molar-refractivity contribution is 0.0952. The van der Waals surface area contributed by atoms with Crippen molar-refractivity contribution in [2.24, 2.45) is 11.5 Å². The van der Waals surface area contributed by atoms with E-state index in [1.807, 2.05) is 0 Å². The summed E-state index contributed by atoms with van der Waals surface area (Å²) in [5.41, 5.74) is 11.1. The first kappa shape index (κ1) is 18.0. The molecular formula is C12H30N2O3Si. The molecule has 0 atom stereocenters. The van der Waals surface area contributed by atoms with Crippen LogP contribution in [0.25, 0.3) is 0 Å². The molecule has 0 aliphatic carbocycles. The monoisotopic (exact) mass is 278 g/mol. The van der Waals surface area contributed by atoms with E-state index in [1.54, 1.807) is 14.2 Å². The molecule has 18 heavy (non-hydrogen) atoms. The van der Waals surface area contributed by atoms with Crippen LogP contribution >= 0.6 is 0 Å². The topological polar surface area (TPSA) is 79.7 Å². The molecule has 0 radical (unpaired) electrons. The Hall–Kier alpha value is 0.0169. The number of unbranched alkanes of at least 4 members (excludes halogenated alkanes) is 4. The Balaban J connectivity index is 3.87. The maximum Gasteiger partial charge on any atom is 0.500 e. The van der Waals surface area contributed by atoms with E-state index in [2.05, 4.69) is 6.92 Å². The second-order valence-corrected chi connectivity index (χ2v) is 7.53. The van der Waals surface area contributed by atoms with Crippen LogP contribution < -0.4 is 11.5 Å². The maximum atomic E-state index is 5.84. The van der Waals surface area contributed by atoms with E-state index < -0.39 is 8.80 Å². The SMILES string of the molecule is CCCCCCCO[Si](CCC(N)N)(OC)OC. The van der Waals surface area contributed by atoms with Gasteiger partial charge in [-0.15, -0.1) is 0 Å². The Morgan fingerprint density at radius 1 is 1.00 bits per heavy atom. The second-order valence-electron chi connectivity index (χ2n) is 4.56. The molecule has 0 unspecified atom stereocenters. The summed E-state index contributed by atoms with van der Waals surface area (Å²) in [6.07, 6.45) is 6.38. The number of nitrogens with two attached hydrogens (primary N) is 2. The highest BCUT2D eigenvalue weighted by atomic mass is 28.4. The molecule has 0 amide bonds. The number of rotatable bonds is 12. The summed E-state index contributed by atoms with van der Waals surface area (Å²) < 4.78 is 16.7. The quantitative estimate of drug-likeness (QED) is 0.323. The first-order valence-corrected chi connectivity index (χ1v) is 8.78. The van der Waals surface area contributed by atoms with E-state index in [9.17, 15) is 0 Å². The Kier molecular flexibility index (Phi) is 10.9. The molecule has 0 spiro atoms. The molecule has 0 saturated carbocycles. The smallest absolute Gasteiger partial charge is 0.377 e. The third kappa shape index (κ3) is 8.18. The second kappa shape index (κ2) is 10.9. The van der Waals surface area contributed by atoms with Gasteiger partial charge in [-0.25, -0.2) is 0 Å². The van der Waals surface area contributed by atoms with E-state index >= 15 is 0 Å². The fourth-order valence-electron chi connectivity index (χ4n) is 1.75. The fraction of sp³-hybridized carbons (Fsp3) is 1.00. The first-order chi connectivity index (χ1) is 8.60. The summed E-state index contributed by atoms with van der Waals surface area (Å²) >= 11 is 0. The van der Waals surface area contributed by atoms with Crippen molar-refractivity contribution in [3.05, 3.63) is 0 Å². The van der Waals surface area contributed by atoms with Gasteiger partial charge >= 0.3 is 8.80 Å². The minimum absolute atomic E-state index is 0.338. The van der Waals surface area contributed by atoms with Crippen molar-refractivity contribution in [3.8, 4) is 0 Å². The van der Waals surface area contributed by atoms with Gasteiger partial charge in [0.2, 0.25) is 0 Å². The Morgan fingerprint density at radius 2 is 1.61 bits per heavy atom. The molecule has 0 aliphatic heterocycles. The third-order valence-electron chi connectivity index (χ3n) is 2.98. The molecule has 0 aromatic heterocycles. The zero-order valence-electron chi connectivity index (χ0n) is 12.1. The minimum Gasteiger partial charge on any atom is -0.377 e. The third-order valence-corrected chi connectivity index (χ3v) is 5.76. The van der Waals surface area contributed by atoms with Gasteiger partial charge in [0.25, 0.3) is 0 Å². The largest absolute Gasteiger partial charge is 0.500 e. The van der Waals surface area contributed by atoms with Gasteiger partial charge in [0.05, 0.1) is 6.17 Å². The van der Waals surface area contributed by atoms with Crippen molar-refractivity contribution >= 4 is 8.80 Å². The lowest BCUT2D eigenvalue weighted by atomic mass is 10.2. The summed E-state index contributed by atoms with van der Waals surface area (Å²) in [6.45, 7) is 2.90. The molecule has 0 heterocycles. The zero-order chi connectivity index (χ0) is 13.9. The highest BCUT2D eigenvalue weighted by molar-refractivity contribution is 6.60. The van der Waals surface area contributed by atoms with E-state index in [0.29, 0.717) is 19.1 Å². The van der Waals surface area contributed by atoms with Crippen LogP contribution in [0.1, 0.15) is 45.4 Å². The van der Waals surface area contributed by atoms with Crippen molar-refractivity contribution in [3.63, 3.8) is 0 Å². The van der Waals surface area contributed by atoms with Crippen LogP contribution in [0.4, 0.5) is 0 Å². The van der Waals surface area contributed by atoms with Crippen LogP contribution in [-0.4, -0.2) is 35.8 Å². The van der Waals surface area contributed by atoms with Crippen molar-refractivity contribution < 1.29 is 13.3 Å². The van der Waals surface area contributed by atoms with E-state index in [1.165, 1.54) is 25.7 Å². The lowest BCUT2D eigenvalue weighted by Gasteiger charge is -2.27. The molecule has 0 aromatic rings. The van der Waals surface area contributed by atoms with Gasteiger partial charge in [0.1, 0.15) is 0 Å². The molecule has 0 saturated heterocycles. The van der Waals surface area contributed by atoms with Crippen molar-refractivity contribution in [1.29, 1.82) is 0 Å². The molecule has 0 bridgehead atoms. The Bertz CT molecular complexity index is 190. The lowest BCUT2D eigenvalue weighted by Crippen LogP contribution is -2.46. The van der Waals surface area contributed by atoms with Gasteiger partial charge in [0.15, 0.2) is 0 Å². The van der Waals surface area contributed by atoms with Crippen molar-refractivity contribution in [2.45, 2.75) is 57.7 Å². The normalized spacial score (nSPS) is 12.3. The fourth-order valence-corrected chi connectivity index (χ4v) is 3.85. The highest BCUT2D eigenvalue weighted by Crippen LogP contribution is 2.17. The minimum atomic E-state index is -2.53. The predicted octanol–water partition coefficient (Wildman–Crippen LogP) is 1.84. The summed E-state index contributed by atoms with van der Waals surface area (Å²) in [4.78, 5) is 0. The van der Waals surface area contributed by atoms with E-state index in [-0.39, 0.29) is 6.17 Å². The van der Waals surface area contributed by atoms with Crippen molar-refractivity contribution in [1.82, 2.24) is 0 Å². The number of hydrogen-bond acceptors (Lipinski definition) is 5. The van der Waals surface area contributed by atoms with Gasteiger partial charge in [-0.1, -0.05) is 32.6 Å². The van der Waals surface area contributed by atoms with Crippen LogP contribution in [0.2, 0.25) is 6.04 Å². The molecule has 0 aromatic carbocycles.